The van der Waals surface area contributed by atoms with Gasteiger partial charge in [-0.05, 0) is 36.4 Å². The molecule has 0 saturated carbocycles. The highest BCUT2D eigenvalue weighted by Gasteiger charge is 2.57. The predicted molar refractivity (Wildman–Crippen MR) is 117 cm³/mol. The van der Waals surface area contributed by atoms with Gasteiger partial charge in [0.25, 0.3) is 5.91 Å². The summed E-state index contributed by atoms with van der Waals surface area (Å²) in [5.74, 6) is -0.0642. The molecule has 0 N–H and O–H groups in total. The second-order valence-corrected chi connectivity index (χ2v) is 10.8. The topological polar surface area (TPSA) is 70.2 Å². The third kappa shape index (κ3) is 3.66. The quantitative estimate of drug-likeness (QED) is 0.698. The molecule has 1 amide bonds. The number of halogens is 1. The molecule has 0 aliphatic carbocycles. The van der Waals surface area contributed by atoms with E-state index in [0.29, 0.717) is 54.9 Å². The molecule has 0 unspecified atom stereocenters. The van der Waals surface area contributed by atoms with Gasteiger partial charge in [0.1, 0.15) is 0 Å². The average molecular weight is 462 g/mol. The highest BCUT2D eigenvalue weighted by molar-refractivity contribution is 7.89. The minimum absolute atomic E-state index is 0.0559. The van der Waals surface area contributed by atoms with Gasteiger partial charge in [0, 0.05) is 43.3 Å². The van der Waals surface area contributed by atoms with Crippen LogP contribution >= 0.6 is 11.6 Å². The van der Waals surface area contributed by atoms with Crippen LogP contribution in [-0.2, 0) is 14.8 Å². The maximum atomic E-state index is 13.2. The summed E-state index contributed by atoms with van der Waals surface area (Å²) in [6, 6.07) is 15.4. The number of benzene rings is 2. The van der Waals surface area contributed by atoms with Crippen LogP contribution in [0.5, 0.6) is 0 Å². The zero-order valence-electron chi connectivity index (χ0n) is 17.0. The van der Waals surface area contributed by atoms with E-state index in [9.17, 15) is 13.2 Å². The molecule has 0 aromatic heterocycles. The van der Waals surface area contributed by atoms with Crippen LogP contribution in [0, 0.1) is 0 Å². The molecule has 9 heteroatoms. The first-order valence-corrected chi connectivity index (χ1v) is 12.2. The Kier molecular flexibility index (Phi) is 5.30. The Morgan fingerprint density at radius 1 is 1.03 bits per heavy atom. The van der Waals surface area contributed by atoms with Crippen LogP contribution in [0.15, 0.2) is 59.5 Å². The molecular weight excluding hydrogens is 438 g/mol. The second-order valence-electron chi connectivity index (χ2n) is 8.43. The highest BCUT2D eigenvalue weighted by Crippen LogP contribution is 2.38. The summed E-state index contributed by atoms with van der Waals surface area (Å²) in [4.78, 5) is 17.7. The fourth-order valence-corrected chi connectivity index (χ4v) is 6.67. The van der Waals surface area contributed by atoms with Gasteiger partial charge in [-0.25, -0.2) is 8.42 Å². The molecule has 2 aromatic carbocycles. The predicted octanol–water partition coefficient (Wildman–Crippen LogP) is 1.94. The lowest BCUT2D eigenvalue weighted by Gasteiger charge is -2.62. The highest BCUT2D eigenvalue weighted by atomic mass is 35.5. The van der Waals surface area contributed by atoms with E-state index in [-0.39, 0.29) is 11.9 Å². The Morgan fingerprint density at radius 2 is 1.74 bits per heavy atom. The molecule has 0 bridgehead atoms. The van der Waals surface area contributed by atoms with Crippen molar-refractivity contribution >= 4 is 27.5 Å². The Bertz CT molecular complexity index is 1070. The van der Waals surface area contributed by atoms with Crippen LogP contribution in [-0.4, -0.2) is 85.9 Å². The Balaban J connectivity index is 1.39. The number of amides is 1. The van der Waals surface area contributed by atoms with E-state index in [1.54, 1.807) is 54.6 Å². The molecule has 1 atom stereocenters. The van der Waals surface area contributed by atoms with Crippen molar-refractivity contribution in [3.63, 3.8) is 0 Å². The number of morpholine rings is 1. The first kappa shape index (κ1) is 20.9. The van der Waals surface area contributed by atoms with Gasteiger partial charge in [0.05, 0.1) is 29.7 Å². The molecule has 1 spiro atoms. The Labute approximate surface area is 187 Å². The van der Waals surface area contributed by atoms with Crippen molar-refractivity contribution in [2.45, 2.75) is 16.5 Å². The van der Waals surface area contributed by atoms with Crippen molar-refractivity contribution in [2.75, 3.05) is 45.9 Å². The van der Waals surface area contributed by atoms with Crippen molar-refractivity contribution in [3.8, 4) is 0 Å². The largest absolute Gasteiger partial charge is 0.378 e. The number of carbonyl (C=O) groups is 1. The average Bonchev–Trinajstić information content (AvgIpc) is 2.77. The van der Waals surface area contributed by atoms with Gasteiger partial charge in [-0.1, -0.05) is 29.8 Å². The molecule has 31 heavy (non-hydrogen) atoms. The van der Waals surface area contributed by atoms with Crippen molar-refractivity contribution in [1.82, 2.24) is 14.1 Å². The van der Waals surface area contributed by atoms with Gasteiger partial charge in [0.15, 0.2) is 0 Å². The van der Waals surface area contributed by atoms with Crippen LogP contribution in [0.25, 0.3) is 0 Å². The fraction of sp³-hybridized carbons (Fsp3) is 0.409. The zero-order chi connectivity index (χ0) is 21.6. The van der Waals surface area contributed by atoms with Crippen molar-refractivity contribution in [3.05, 3.63) is 65.2 Å². The van der Waals surface area contributed by atoms with E-state index in [1.165, 1.54) is 4.31 Å². The number of ether oxygens (including phenoxy) is 1. The van der Waals surface area contributed by atoms with Gasteiger partial charge in [0.2, 0.25) is 10.0 Å². The summed E-state index contributed by atoms with van der Waals surface area (Å²) in [6.07, 6.45) is 0. The van der Waals surface area contributed by atoms with Crippen LogP contribution in [0.4, 0.5) is 0 Å². The minimum Gasteiger partial charge on any atom is -0.378 e. The molecule has 0 radical (unpaired) electrons. The van der Waals surface area contributed by atoms with Crippen LogP contribution in [0.3, 0.4) is 0 Å². The summed E-state index contributed by atoms with van der Waals surface area (Å²) in [5, 5.41) is 0.583. The molecule has 3 fully saturated rings. The normalized spacial score (nSPS) is 23.9. The number of hydrogen-bond donors (Lipinski definition) is 0. The zero-order valence-corrected chi connectivity index (χ0v) is 18.6. The van der Waals surface area contributed by atoms with Crippen molar-refractivity contribution in [1.29, 1.82) is 0 Å². The summed E-state index contributed by atoms with van der Waals surface area (Å²) in [6.45, 7) is 3.69. The lowest BCUT2D eigenvalue weighted by molar-refractivity contribution is -0.141. The third-order valence-corrected chi connectivity index (χ3v) is 8.51. The number of sulfonamides is 1. The molecule has 164 valence electrons. The summed E-state index contributed by atoms with van der Waals surface area (Å²) in [7, 11) is -3.55. The number of fused-ring (bicyclic) bond motifs is 2. The van der Waals surface area contributed by atoms with E-state index in [4.69, 9.17) is 16.3 Å². The summed E-state index contributed by atoms with van der Waals surface area (Å²) >= 11 is 5.97. The molecule has 3 aliphatic heterocycles. The monoisotopic (exact) mass is 461 g/mol. The number of carbonyl (C=O) groups excluding carboxylic acids is 1. The lowest BCUT2D eigenvalue weighted by atomic mass is 9.84. The summed E-state index contributed by atoms with van der Waals surface area (Å²) in [5.41, 5.74) is 0.189. The first-order chi connectivity index (χ1) is 14.9. The molecular formula is C22H24ClN3O4S. The van der Waals surface area contributed by atoms with Crippen LogP contribution in [0.2, 0.25) is 5.02 Å². The SMILES string of the molecule is O=C(c1ccc(Cl)cc1)N1C[C@@H]2COCCN2C2(C1)CN(S(=O)(=O)c1ccccc1)C2. The third-order valence-electron chi connectivity index (χ3n) is 6.45. The van der Waals surface area contributed by atoms with Crippen molar-refractivity contribution < 1.29 is 17.9 Å². The second kappa shape index (κ2) is 7.86. The molecule has 3 saturated heterocycles. The van der Waals surface area contributed by atoms with Gasteiger partial charge in [-0.2, -0.15) is 4.31 Å². The Morgan fingerprint density at radius 3 is 2.45 bits per heavy atom. The maximum Gasteiger partial charge on any atom is 0.253 e. The maximum absolute atomic E-state index is 13.2. The Hall–Kier alpha value is -1.97. The number of rotatable bonds is 3. The fourth-order valence-electron chi connectivity index (χ4n) is 4.93. The van der Waals surface area contributed by atoms with Crippen LogP contribution in [0.1, 0.15) is 10.4 Å². The number of hydrogen-bond acceptors (Lipinski definition) is 5. The van der Waals surface area contributed by atoms with Gasteiger partial charge in [-0.3, -0.25) is 9.69 Å². The minimum atomic E-state index is -3.55. The van der Waals surface area contributed by atoms with Crippen molar-refractivity contribution in [2.24, 2.45) is 0 Å². The smallest absolute Gasteiger partial charge is 0.253 e. The lowest BCUT2D eigenvalue weighted by Crippen LogP contribution is -2.81. The van der Waals surface area contributed by atoms with Gasteiger partial charge >= 0.3 is 0 Å². The van der Waals surface area contributed by atoms with E-state index in [1.807, 2.05) is 4.90 Å². The molecule has 2 aromatic rings. The van der Waals surface area contributed by atoms with Gasteiger partial charge in [-0.15, -0.1) is 0 Å². The molecule has 7 nitrogen and oxygen atoms in total. The molecule has 3 heterocycles. The van der Waals surface area contributed by atoms with E-state index in [0.717, 1.165) is 6.54 Å². The molecule has 3 aliphatic rings. The molecule has 5 rings (SSSR count). The van der Waals surface area contributed by atoms with E-state index < -0.39 is 15.6 Å². The van der Waals surface area contributed by atoms with Gasteiger partial charge < -0.3 is 9.64 Å². The van der Waals surface area contributed by atoms with E-state index >= 15 is 0 Å². The summed E-state index contributed by atoms with van der Waals surface area (Å²) < 4.78 is 33.3. The number of piperazine rings is 1. The van der Waals surface area contributed by atoms with E-state index in [2.05, 4.69) is 4.90 Å². The van der Waals surface area contributed by atoms with Crippen LogP contribution < -0.4 is 0 Å². The number of nitrogens with zero attached hydrogens (tertiary/aromatic N) is 3. The standard InChI is InChI=1S/C22H24ClN3O4S/c23-18-8-6-17(7-9-18)21(27)24-12-19-13-30-11-10-26(19)22(14-24)15-25(16-22)31(28,29)20-4-2-1-3-5-20/h1-9,19H,10-16H2/t19-/m1/s1. The first-order valence-electron chi connectivity index (χ1n) is 10.3.